The number of pyridine rings is 1. The molecule has 1 saturated carbocycles. The third-order valence-corrected chi connectivity index (χ3v) is 6.96. The molecule has 1 amide bonds. The molecule has 2 fully saturated rings. The lowest BCUT2D eigenvalue weighted by Crippen LogP contribution is -2.47. The van der Waals surface area contributed by atoms with Gasteiger partial charge in [0.2, 0.25) is 5.95 Å². The Morgan fingerprint density at radius 2 is 1.74 bits per heavy atom. The predicted molar refractivity (Wildman–Crippen MR) is 121 cm³/mol. The monoisotopic (exact) mass is 421 g/mol. The highest BCUT2D eigenvalue weighted by Crippen LogP contribution is 2.27. The fraction of sp³-hybridized carbons (Fsp3) is 0.565. The van der Waals surface area contributed by atoms with Crippen molar-refractivity contribution in [1.82, 2.24) is 25.2 Å². The fourth-order valence-corrected chi connectivity index (χ4v) is 4.74. The van der Waals surface area contributed by atoms with Crippen LogP contribution >= 0.6 is 0 Å². The van der Waals surface area contributed by atoms with Crippen LogP contribution in [0.25, 0.3) is 0 Å². The number of hydrogen-bond donors (Lipinski definition) is 1. The van der Waals surface area contributed by atoms with Crippen LogP contribution in [-0.2, 0) is 12.8 Å². The van der Waals surface area contributed by atoms with Gasteiger partial charge in [0.25, 0.3) is 5.91 Å². The van der Waals surface area contributed by atoms with Crippen LogP contribution in [0.2, 0.25) is 0 Å². The van der Waals surface area contributed by atoms with Gasteiger partial charge in [-0.2, -0.15) is 0 Å². The summed E-state index contributed by atoms with van der Waals surface area (Å²) in [6.45, 7) is 5.73. The Morgan fingerprint density at radius 1 is 0.968 bits per heavy atom. The van der Waals surface area contributed by atoms with Crippen molar-refractivity contribution < 1.29 is 4.79 Å². The van der Waals surface area contributed by atoms with Gasteiger partial charge in [0.1, 0.15) is 5.82 Å². The maximum Gasteiger partial charge on any atom is 0.252 e. The first-order chi connectivity index (χ1) is 15.2. The van der Waals surface area contributed by atoms with Crippen molar-refractivity contribution >= 4 is 17.7 Å². The molecular weight excluding hydrogens is 390 g/mol. The van der Waals surface area contributed by atoms with Gasteiger partial charge in [-0.1, -0.05) is 6.42 Å². The number of nitrogens with one attached hydrogen (secondary N) is 1. The molecule has 8 heteroatoms. The van der Waals surface area contributed by atoms with E-state index in [-0.39, 0.29) is 5.91 Å². The Kier molecular flexibility index (Phi) is 5.72. The third-order valence-electron chi connectivity index (χ3n) is 6.96. The lowest BCUT2D eigenvalue weighted by atomic mass is 9.91. The minimum Gasteiger partial charge on any atom is -0.355 e. The van der Waals surface area contributed by atoms with Crippen LogP contribution in [-0.4, -0.2) is 78.1 Å². The van der Waals surface area contributed by atoms with Crippen LogP contribution in [0, 0.1) is 0 Å². The first kappa shape index (κ1) is 20.2. The molecule has 164 valence electrons. The van der Waals surface area contributed by atoms with Crippen molar-refractivity contribution in [2.75, 3.05) is 56.1 Å². The van der Waals surface area contributed by atoms with Gasteiger partial charge in [-0.25, -0.2) is 15.0 Å². The van der Waals surface area contributed by atoms with Crippen LogP contribution < -0.4 is 15.1 Å². The number of carbonyl (C=O) groups excluding carboxylic acids is 1. The average Bonchev–Trinajstić information content (AvgIpc) is 3.00. The van der Waals surface area contributed by atoms with E-state index in [4.69, 9.17) is 9.97 Å². The van der Waals surface area contributed by atoms with Gasteiger partial charge in [-0.3, -0.25) is 9.69 Å². The van der Waals surface area contributed by atoms with E-state index in [1.54, 1.807) is 13.2 Å². The number of anilines is 2. The SMILES string of the molecule is CNC(=O)c1ccc(N2CCN(c3ncc4c(n3)CCN(C3CCC3)CC4)CC2)nc1. The quantitative estimate of drug-likeness (QED) is 0.802. The van der Waals surface area contributed by atoms with Gasteiger partial charge in [0.05, 0.1) is 11.3 Å². The molecule has 1 aliphatic carbocycles. The molecule has 5 rings (SSSR count). The smallest absolute Gasteiger partial charge is 0.252 e. The summed E-state index contributed by atoms with van der Waals surface area (Å²) in [6.07, 6.45) is 9.91. The van der Waals surface area contributed by atoms with Gasteiger partial charge in [0, 0.05) is 71.2 Å². The Labute approximate surface area is 183 Å². The maximum absolute atomic E-state index is 11.7. The summed E-state index contributed by atoms with van der Waals surface area (Å²) < 4.78 is 0. The van der Waals surface area contributed by atoms with Crippen LogP contribution in [0.3, 0.4) is 0 Å². The summed E-state index contributed by atoms with van der Waals surface area (Å²) in [4.78, 5) is 33.1. The highest BCUT2D eigenvalue weighted by molar-refractivity contribution is 5.93. The Morgan fingerprint density at radius 3 is 2.42 bits per heavy atom. The molecule has 3 aliphatic rings. The molecular formula is C23H31N7O. The fourth-order valence-electron chi connectivity index (χ4n) is 4.74. The summed E-state index contributed by atoms with van der Waals surface area (Å²) in [5.41, 5.74) is 3.14. The minimum atomic E-state index is -0.111. The summed E-state index contributed by atoms with van der Waals surface area (Å²) in [6, 6.07) is 4.55. The van der Waals surface area contributed by atoms with E-state index in [0.717, 1.165) is 69.9 Å². The maximum atomic E-state index is 11.7. The van der Waals surface area contributed by atoms with Crippen molar-refractivity contribution in [2.45, 2.75) is 38.1 Å². The highest BCUT2D eigenvalue weighted by atomic mass is 16.1. The third kappa shape index (κ3) is 4.21. The normalized spacial score (nSPS) is 20.0. The standard InChI is InChI=1S/C23H31N7O/c1-24-22(31)18-5-6-21(25-16-18)29-11-13-30(14-12-29)23-26-15-17-7-9-28(19-3-2-4-19)10-8-20(17)27-23/h5-6,15-16,19H,2-4,7-14H2,1H3,(H,24,31). The number of aromatic nitrogens is 3. The summed E-state index contributed by atoms with van der Waals surface area (Å²) >= 11 is 0. The van der Waals surface area contributed by atoms with Crippen molar-refractivity contribution in [3.8, 4) is 0 Å². The Balaban J connectivity index is 1.20. The number of carbonyl (C=O) groups is 1. The van der Waals surface area contributed by atoms with Gasteiger partial charge in [-0.05, 0) is 37.0 Å². The molecule has 2 aromatic heterocycles. The lowest BCUT2D eigenvalue weighted by molar-refractivity contribution is 0.0962. The number of piperazine rings is 1. The number of hydrogen-bond acceptors (Lipinski definition) is 7. The highest BCUT2D eigenvalue weighted by Gasteiger charge is 2.27. The van der Waals surface area contributed by atoms with E-state index in [1.807, 2.05) is 12.1 Å². The molecule has 4 heterocycles. The van der Waals surface area contributed by atoms with E-state index < -0.39 is 0 Å². The van der Waals surface area contributed by atoms with Crippen molar-refractivity contribution in [3.63, 3.8) is 0 Å². The van der Waals surface area contributed by atoms with E-state index >= 15 is 0 Å². The largest absolute Gasteiger partial charge is 0.355 e. The summed E-state index contributed by atoms with van der Waals surface area (Å²) in [7, 11) is 1.63. The molecule has 1 N–H and O–H groups in total. The van der Waals surface area contributed by atoms with Crippen LogP contribution in [0.5, 0.6) is 0 Å². The lowest BCUT2D eigenvalue weighted by Gasteiger charge is -2.36. The van der Waals surface area contributed by atoms with Gasteiger partial charge in [-0.15, -0.1) is 0 Å². The molecule has 0 unspecified atom stereocenters. The second-order valence-corrected chi connectivity index (χ2v) is 8.72. The molecule has 1 saturated heterocycles. The topological polar surface area (TPSA) is 77.5 Å². The van der Waals surface area contributed by atoms with Crippen molar-refractivity contribution in [2.24, 2.45) is 0 Å². The second kappa shape index (κ2) is 8.78. The molecule has 0 spiro atoms. The van der Waals surface area contributed by atoms with E-state index in [0.29, 0.717) is 5.56 Å². The van der Waals surface area contributed by atoms with E-state index in [1.165, 1.54) is 30.5 Å². The van der Waals surface area contributed by atoms with Crippen LogP contribution in [0.15, 0.2) is 24.5 Å². The number of fused-ring (bicyclic) bond motifs is 1. The van der Waals surface area contributed by atoms with Gasteiger partial charge >= 0.3 is 0 Å². The first-order valence-electron chi connectivity index (χ1n) is 11.5. The average molecular weight is 422 g/mol. The second-order valence-electron chi connectivity index (χ2n) is 8.72. The predicted octanol–water partition coefficient (Wildman–Crippen LogP) is 1.51. The zero-order valence-electron chi connectivity index (χ0n) is 18.3. The van der Waals surface area contributed by atoms with E-state index in [2.05, 4.69) is 31.2 Å². The molecule has 2 aromatic rings. The van der Waals surface area contributed by atoms with Crippen molar-refractivity contribution in [1.29, 1.82) is 0 Å². The Hall–Kier alpha value is -2.74. The molecule has 0 bridgehead atoms. The van der Waals surface area contributed by atoms with Gasteiger partial charge in [0.15, 0.2) is 0 Å². The Bertz CT molecular complexity index is 920. The molecule has 8 nitrogen and oxygen atoms in total. The van der Waals surface area contributed by atoms with Crippen LogP contribution in [0.1, 0.15) is 40.9 Å². The number of amides is 1. The number of rotatable bonds is 4. The van der Waals surface area contributed by atoms with Gasteiger partial charge < -0.3 is 15.1 Å². The molecule has 31 heavy (non-hydrogen) atoms. The number of nitrogens with zero attached hydrogens (tertiary/aromatic N) is 6. The van der Waals surface area contributed by atoms with Crippen LogP contribution in [0.4, 0.5) is 11.8 Å². The molecule has 0 aromatic carbocycles. The first-order valence-corrected chi connectivity index (χ1v) is 11.5. The summed E-state index contributed by atoms with van der Waals surface area (Å²) in [5, 5.41) is 2.63. The zero-order valence-corrected chi connectivity index (χ0v) is 18.3. The molecule has 2 aliphatic heterocycles. The minimum absolute atomic E-state index is 0.111. The summed E-state index contributed by atoms with van der Waals surface area (Å²) in [5.74, 6) is 1.66. The zero-order chi connectivity index (χ0) is 21.2. The van der Waals surface area contributed by atoms with E-state index in [9.17, 15) is 4.79 Å². The van der Waals surface area contributed by atoms with Crippen molar-refractivity contribution in [3.05, 3.63) is 41.3 Å². The molecule has 0 radical (unpaired) electrons. The molecule has 0 atom stereocenters.